The molecule has 0 radical (unpaired) electrons. The summed E-state index contributed by atoms with van der Waals surface area (Å²) in [7, 11) is 0. The van der Waals surface area contributed by atoms with Crippen LogP contribution in [0.3, 0.4) is 0 Å². The number of rotatable bonds is 2. The average molecular weight is 264 g/mol. The Hall–Kier alpha value is -2.75. The largest absolute Gasteiger partial charge is 0.298 e. The molecule has 4 nitrogen and oxygen atoms in total. The fraction of sp³-hybridized carbons (Fsp3) is 0.0625. The van der Waals surface area contributed by atoms with Gasteiger partial charge in [0.1, 0.15) is 12.0 Å². The van der Waals surface area contributed by atoms with E-state index in [9.17, 15) is 9.59 Å². The molecule has 0 bridgehead atoms. The van der Waals surface area contributed by atoms with Gasteiger partial charge in [0.15, 0.2) is 0 Å². The highest BCUT2D eigenvalue weighted by atomic mass is 16.2. The minimum Gasteiger partial charge on any atom is -0.298 e. The molecular weight excluding hydrogens is 252 g/mol. The van der Waals surface area contributed by atoms with Crippen LogP contribution in [0.4, 0.5) is 0 Å². The van der Waals surface area contributed by atoms with Crippen LogP contribution in [-0.2, 0) is 0 Å². The molecule has 0 aliphatic rings. The molecule has 20 heavy (non-hydrogen) atoms. The Morgan fingerprint density at radius 1 is 1.15 bits per heavy atom. The number of carbonyl (C=O) groups excluding carboxylic acids is 2. The zero-order chi connectivity index (χ0) is 14.1. The van der Waals surface area contributed by atoms with Gasteiger partial charge in [0.25, 0.3) is 0 Å². The van der Waals surface area contributed by atoms with E-state index in [0.717, 1.165) is 17.2 Å². The number of aldehydes is 1. The van der Waals surface area contributed by atoms with E-state index in [1.54, 1.807) is 18.2 Å². The van der Waals surface area contributed by atoms with Crippen molar-refractivity contribution < 1.29 is 9.59 Å². The molecule has 0 spiro atoms. The maximum atomic E-state index is 11.7. The first-order valence-corrected chi connectivity index (χ1v) is 6.25. The topological polar surface area (TPSA) is 52.0 Å². The van der Waals surface area contributed by atoms with Gasteiger partial charge < -0.3 is 0 Å². The van der Waals surface area contributed by atoms with Crippen molar-refractivity contribution >= 4 is 23.1 Å². The first-order chi connectivity index (χ1) is 9.70. The van der Waals surface area contributed by atoms with Crippen LogP contribution in [-0.4, -0.2) is 22.0 Å². The molecule has 0 unspecified atom stereocenters. The number of fused-ring (bicyclic) bond motifs is 1. The minimum atomic E-state index is -0.156. The van der Waals surface area contributed by atoms with Crippen LogP contribution in [0.25, 0.3) is 22.2 Å². The zero-order valence-corrected chi connectivity index (χ0v) is 10.9. The first-order valence-electron chi connectivity index (χ1n) is 6.25. The maximum Gasteiger partial charge on any atom is 0.244 e. The Bertz CT molecular complexity index is 804. The van der Waals surface area contributed by atoms with E-state index in [0.29, 0.717) is 16.8 Å². The summed E-state index contributed by atoms with van der Waals surface area (Å²) in [5, 5.41) is 5.19. The molecule has 1 heterocycles. The molecular formula is C16H12N2O2. The van der Waals surface area contributed by atoms with E-state index in [1.807, 2.05) is 30.3 Å². The van der Waals surface area contributed by atoms with Gasteiger partial charge in [0, 0.05) is 23.4 Å². The molecule has 1 aromatic heterocycles. The number of hydrogen-bond acceptors (Lipinski definition) is 3. The molecule has 2 aromatic carbocycles. The minimum absolute atomic E-state index is 0.156. The lowest BCUT2D eigenvalue weighted by Gasteiger charge is -1.97. The summed E-state index contributed by atoms with van der Waals surface area (Å²) in [6.07, 6.45) is 0.791. The molecule has 0 saturated carbocycles. The first kappa shape index (κ1) is 12.3. The van der Waals surface area contributed by atoms with Crippen LogP contribution in [0.15, 0.2) is 48.5 Å². The predicted molar refractivity (Wildman–Crippen MR) is 76.9 cm³/mol. The van der Waals surface area contributed by atoms with Gasteiger partial charge in [0.05, 0.1) is 5.52 Å². The standard InChI is InChI=1S/C16H12N2O2/c1-11(20)18-15-8-7-12(10-19)9-14(15)16(17-18)13-5-3-2-4-6-13/h2-10H,1H3. The molecule has 3 aromatic rings. The SMILES string of the molecule is CC(=O)n1nc(-c2ccccc2)c2cc(C=O)ccc21. The second-order valence-electron chi connectivity index (χ2n) is 4.54. The number of hydrogen-bond donors (Lipinski definition) is 0. The third kappa shape index (κ3) is 1.91. The van der Waals surface area contributed by atoms with Crippen molar-refractivity contribution in [3.8, 4) is 11.3 Å². The number of carbonyl (C=O) groups is 2. The van der Waals surface area contributed by atoms with Gasteiger partial charge >= 0.3 is 0 Å². The number of benzene rings is 2. The summed E-state index contributed by atoms with van der Waals surface area (Å²) in [4.78, 5) is 22.6. The van der Waals surface area contributed by atoms with Crippen molar-refractivity contribution in [2.45, 2.75) is 6.92 Å². The lowest BCUT2D eigenvalue weighted by Crippen LogP contribution is -2.07. The Morgan fingerprint density at radius 2 is 1.90 bits per heavy atom. The molecule has 0 aliphatic carbocycles. The summed E-state index contributed by atoms with van der Waals surface area (Å²) in [6, 6.07) is 14.8. The molecule has 98 valence electrons. The monoisotopic (exact) mass is 264 g/mol. The smallest absolute Gasteiger partial charge is 0.244 e. The lowest BCUT2D eigenvalue weighted by molar-refractivity contribution is 0.0927. The van der Waals surface area contributed by atoms with E-state index < -0.39 is 0 Å². The van der Waals surface area contributed by atoms with Crippen LogP contribution in [0.5, 0.6) is 0 Å². The van der Waals surface area contributed by atoms with Crippen LogP contribution in [0.2, 0.25) is 0 Å². The van der Waals surface area contributed by atoms with Crippen molar-refractivity contribution in [3.05, 3.63) is 54.1 Å². The van der Waals surface area contributed by atoms with Crippen molar-refractivity contribution in [1.29, 1.82) is 0 Å². The van der Waals surface area contributed by atoms with E-state index in [4.69, 9.17) is 0 Å². The van der Waals surface area contributed by atoms with Crippen LogP contribution >= 0.6 is 0 Å². The summed E-state index contributed by atoms with van der Waals surface area (Å²) < 4.78 is 1.37. The van der Waals surface area contributed by atoms with Crippen LogP contribution in [0, 0.1) is 0 Å². The Balaban J connectivity index is 2.36. The summed E-state index contributed by atoms with van der Waals surface area (Å²) >= 11 is 0. The predicted octanol–water partition coefficient (Wildman–Crippen LogP) is 3.18. The fourth-order valence-corrected chi connectivity index (χ4v) is 2.26. The van der Waals surface area contributed by atoms with Crippen molar-refractivity contribution in [3.63, 3.8) is 0 Å². The average Bonchev–Trinajstić information content (AvgIpc) is 2.87. The van der Waals surface area contributed by atoms with E-state index >= 15 is 0 Å². The Morgan fingerprint density at radius 3 is 2.55 bits per heavy atom. The maximum absolute atomic E-state index is 11.7. The highest BCUT2D eigenvalue weighted by molar-refractivity contribution is 6.00. The van der Waals surface area contributed by atoms with Gasteiger partial charge in [-0.3, -0.25) is 9.59 Å². The second-order valence-corrected chi connectivity index (χ2v) is 4.54. The summed E-state index contributed by atoms with van der Waals surface area (Å²) in [5.74, 6) is -0.156. The van der Waals surface area contributed by atoms with Gasteiger partial charge in [-0.2, -0.15) is 9.78 Å². The third-order valence-electron chi connectivity index (χ3n) is 3.19. The van der Waals surface area contributed by atoms with E-state index in [2.05, 4.69) is 5.10 Å². The van der Waals surface area contributed by atoms with Gasteiger partial charge in [-0.25, -0.2) is 0 Å². The Kier molecular flexibility index (Phi) is 2.91. The normalized spacial score (nSPS) is 10.7. The van der Waals surface area contributed by atoms with Gasteiger partial charge in [-0.05, 0) is 18.2 Å². The highest BCUT2D eigenvalue weighted by Crippen LogP contribution is 2.28. The van der Waals surface area contributed by atoms with Gasteiger partial charge in [0.2, 0.25) is 5.91 Å². The van der Waals surface area contributed by atoms with Gasteiger partial charge in [-0.1, -0.05) is 30.3 Å². The van der Waals surface area contributed by atoms with Gasteiger partial charge in [-0.15, -0.1) is 0 Å². The Labute approximate surface area is 115 Å². The summed E-state index contributed by atoms with van der Waals surface area (Å²) in [5.41, 5.74) is 2.90. The number of nitrogens with zero attached hydrogens (tertiary/aromatic N) is 2. The quantitative estimate of drug-likeness (QED) is 0.668. The molecule has 0 saturated heterocycles. The number of aromatic nitrogens is 2. The lowest BCUT2D eigenvalue weighted by atomic mass is 10.1. The van der Waals surface area contributed by atoms with Crippen LogP contribution in [0.1, 0.15) is 22.1 Å². The van der Waals surface area contributed by atoms with E-state index in [-0.39, 0.29) is 5.91 Å². The molecule has 3 rings (SSSR count). The molecule has 0 amide bonds. The van der Waals surface area contributed by atoms with E-state index in [1.165, 1.54) is 11.6 Å². The third-order valence-corrected chi connectivity index (χ3v) is 3.19. The molecule has 0 atom stereocenters. The zero-order valence-electron chi connectivity index (χ0n) is 10.9. The molecule has 0 aliphatic heterocycles. The molecule has 0 fully saturated rings. The van der Waals surface area contributed by atoms with Crippen LogP contribution < -0.4 is 0 Å². The highest BCUT2D eigenvalue weighted by Gasteiger charge is 2.14. The second kappa shape index (κ2) is 4.74. The summed E-state index contributed by atoms with van der Waals surface area (Å²) in [6.45, 7) is 1.47. The van der Waals surface area contributed by atoms with Crippen molar-refractivity contribution in [1.82, 2.24) is 9.78 Å². The fourth-order valence-electron chi connectivity index (χ4n) is 2.26. The van der Waals surface area contributed by atoms with Crippen molar-refractivity contribution in [2.24, 2.45) is 0 Å². The van der Waals surface area contributed by atoms with Crippen molar-refractivity contribution in [2.75, 3.05) is 0 Å². The molecule has 4 heteroatoms. The molecule has 0 N–H and O–H groups in total.